The SMILES string of the molecule is CCN(CC)S(=O)(=O)c1ccc(C(=O)N(Cc2ccco2)c2nc3ccc(C)cc3s2)cc1. The number of amides is 1. The van der Waals surface area contributed by atoms with E-state index in [0.717, 1.165) is 15.8 Å². The number of aryl methyl sites for hydroxylation is 1. The minimum atomic E-state index is -3.60. The van der Waals surface area contributed by atoms with Crippen LogP contribution < -0.4 is 4.90 Å². The third kappa shape index (κ3) is 4.71. The highest BCUT2D eigenvalue weighted by atomic mass is 32.2. The molecule has 0 spiro atoms. The molecule has 0 aliphatic carbocycles. The Kier molecular flexibility index (Phi) is 6.64. The summed E-state index contributed by atoms with van der Waals surface area (Å²) < 4.78 is 33.4. The molecule has 0 fully saturated rings. The van der Waals surface area contributed by atoms with Crippen molar-refractivity contribution < 1.29 is 17.6 Å². The fraction of sp³-hybridized carbons (Fsp3) is 0.250. The van der Waals surface area contributed by atoms with Crippen molar-refractivity contribution in [2.45, 2.75) is 32.2 Å². The summed E-state index contributed by atoms with van der Waals surface area (Å²) in [4.78, 5) is 19.9. The van der Waals surface area contributed by atoms with Crippen molar-refractivity contribution in [3.05, 3.63) is 77.7 Å². The number of benzene rings is 2. The van der Waals surface area contributed by atoms with Crippen molar-refractivity contribution in [1.29, 1.82) is 0 Å². The van der Waals surface area contributed by atoms with Gasteiger partial charge in [0.1, 0.15) is 5.76 Å². The minimum absolute atomic E-state index is 0.163. The standard InChI is InChI=1S/C24H25N3O4S2/c1-4-26(5-2)33(29,30)20-11-9-18(10-12-20)23(28)27(16-19-7-6-14-31-19)24-25-21-13-8-17(3)15-22(21)32-24/h6-15H,4-5,16H2,1-3H3. The van der Waals surface area contributed by atoms with Gasteiger partial charge in [-0.05, 0) is 61.0 Å². The third-order valence-electron chi connectivity index (χ3n) is 5.35. The molecule has 0 saturated carbocycles. The topological polar surface area (TPSA) is 83.7 Å². The Balaban J connectivity index is 1.69. The van der Waals surface area contributed by atoms with E-state index in [1.807, 2.05) is 25.1 Å². The van der Waals surface area contributed by atoms with E-state index in [1.54, 1.807) is 49.3 Å². The lowest BCUT2D eigenvalue weighted by Crippen LogP contribution is -2.31. The van der Waals surface area contributed by atoms with Gasteiger partial charge in [-0.3, -0.25) is 9.69 Å². The van der Waals surface area contributed by atoms with Gasteiger partial charge < -0.3 is 4.42 Å². The Morgan fingerprint density at radius 3 is 2.42 bits per heavy atom. The summed E-state index contributed by atoms with van der Waals surface area (Å²) in [7, 11) is -3.60. The maximum atomic E-state index is 13.5. The minimum Gasteiger partial charge on any atom is -0.467 e. The molecular formula is C24H25N3O4S2. The molecule has 0 atom stereocenters. The van der Waals surface area contributed by atoms with Crippen LogP contribution in [0, 0.1) is 6.92 Å². The maximum absolute atomic E-state index is 13.5. The zero-order valence-corrected chi connectivity index (χ0v) is 20.3. The van der Waals surface area contributed by atoms with Crippen molar-refractivity contribution in [2.75, 3.05) is 18.0 Å². The smallest absolute Gasteiger partial charge is 0.260 e. The molecule has 0 aliphatic heterocycles. The van der Waals surface area contributed by atoms with Crippen molar-refractivity contribution >= 4 is 42.6 Å². The molecular weight excluding hydrogens is 458 g/mol. The fourth-order valence-corrected chi connectivity index (χ4v) is 6.08. The Hall–Kier alpha value is -3.01. The summed E-state index contributed by atoms with van der Waals surface area (Å²) in [6.07, 6.45) is 1.56. The van der Waals surface area contributed by atoms with Gasteiger partial charge in [-0.1, -0.05) is 31.3 Å². The number of nitrogens with zero attached hydrogens (tertiary/aromatic N) is 3. The molecule has 4 aromatic rings. The van der Waals surface area contributed by atoms with E-state index in [-0.39, 0.29) is 17.3 Å². The number of fused-ring (bicyclic) bond motifs is 1. The predicted molar refractivity (Wildman–Crippen MR) is 130 cm³/mol. The number of aromatic nitrogens is 1. The number of anilines is 1. The van der Waals surface area contributed by atoms with Crippen molar-refractivity contribution in [3.8, 4) is 0 Å². The lowest BCUT2D eigenvalue weighted by atomic mass is 10.2. The number of sulfonamides is 1. The largest absolute Gasteiger partial charge is 0.467 e. The van der Waals surface area contributed by atoms with Crippen LogP contribution in [0.4, 0.5) is 5.13 Å². The lowest BCUT2D eigenvalue weighted by molar-refractivity contribution is 0.0983. The quantitative estimate of drug-likeness (QED) is 0.349. The molecule has 4 rings (SSSR count). The van der Waals surface area contributed by atoms with Gasteiger partial charge in [-0.25, -0.2) is 13.4 Å². The lowest BCUT2D eigenvalue weighted by Gasteiger charge is -2.20. The van der Waals surface area contributed by atoms with Crippen LogP contribution in [-0.4, -0.2) is 36.7 Å². The van der Waals surface area contributed by atoms with Gasteiger partial charge in [0.25, 0.3) is 5.91 Å². The van der Waals surface area contributed by atoms with Crippen LogP contribution in [0.1, 0.15) is 35.5 Å². The molecule has 1 amide bonds. The van der Waals surface area contributed by atoms with E-state index in [0.29, 0.717) is 29.5 Å². The number of carbonyl (C=O) groups is 1. The van der Waals surface area contributed by atoms with Gasteiger partial charge in [0.05, 0.1) is 27.9 Å². The van der Waals surface area contributed by atoms with Gasteiger partial charge in [-0.15, -0.1) is 0 Å². The molecule has 0 bridgehead atoms. The summed E-state index contributed by atoms with van der Waals surface area (Å²) in [6.45, 7) is 6.58. The van der Waals surface area contributed by atoms with Gasteiger partial charge >= 0.3 is 0 Å². The van der Waals surface area contributed by atoms with Crippen LogP contribution in [0.3, 0.4) is 0 Å². The summed E-state index contributed by atoms with van der Waals surface area (Å²) in [5.41, 5.74) is 2.31. The normalized spacial score (nSPS) is 11.9. The van der Waals surface area contributed by atoms with Crippen LogP contribution in [0.15, 0.2) is 70.2 Å². The van der Waals surface area contributed by atoms with Crippen LogP contribution in [0.5, 0.6) is 0 Å². The fourth-order valence-electron chi connectivity index (χ4n) is 3.56. The molecule has 2 aromatic carbocycles. The number of thiazole rings is 1. The monoisotopic (exact) mass is 483 g/mol. The zero-order valence-electron chi connectivity index (χ0n) is 18.7. The molecule has 172 valence electrons. The summed E-state index contributed by atoms with van der Waals surface area (Å²) in [5, 5.41) is 0.553. The predicted octanol–water partition coefficient (Wildman–Crippen LogP) is 5.08. The number of hydrogen-bond acceptors (Lipinski definition) is 6. The van der Waals surface area contributed by atoms with Gasteiger partial charge in [-0.2, -0.15) is 4.31 Å². The van der Waals surface area contributed by atoms with E-state index < -0.39 is 10.0 Å². The highest BCUT2D eigenvalue weighted by Crippen LogP contribution is 2.31. The molecule has 0 radical (unpaired) electrons. The molecule has 0 unspecified atom stereocenters. The Bertz CT molecular complexity index is 1360. The van der Waals surface area contributed by atoms with E-state index >= 15 is 0 Å². The molecule has 0 N–H and O–H groups in total. The first kappa shape index (κ1) is 23.2. The van der Waals surface area contributed by atoms with Gasteiger partial charge in [0.2, 0.25) is 10.0 Å². The van der Waals surface area contributed by atoms with Gasteiger partial charge in [0.15, 0.2) is 5.13 Å². The third-order valence-corrected chi connectivity index (χ3v) is 8.45. The second-order valence-electron chi connectivity index (χ2n) is 7.55. The molecule has 2 aromatic heterocycles. The number of carbonyl (C=O) groups excluding carboxylic acids is 1. The number of furan rings is 1. The summed E-state index contributed by atoms with van der Waals surface area (Å²) in [6, 6.07) is 15.6. The van der Waals surface area contributed by atoms with Crippen LogP contribution in [-0.2, 0) is 16.6 Å². The zero-order chi connectivity index (χ0) is 23.6. The molecule has 9 heteroatoms. The highest BCUT2D eigenvalue weighted by molar-refractivity contribution is 7.89. The van der Waals surface area contributed by atoms with Crippen molar-refractivity contribution in [2.24, 2.45) is 0 Å². The van der Waals surface area contributed by atoms with E-state index in [4.69, 9.17) is 4.42 Å². The first-order chi connectivity index (χ1) is 15.8. The summed E-state index contributed by atoms with van der Waals surface area (Å²) in [5.74, 6) is 0.341. The highest BCUT2D eigenvalue weighted by Gasteiger charge is 2.25. The van der Waals surface area contributed by atoms with Crippen LogP contribution >= 0.6 is 11.3 Å². The van der Waals surface area contributed by atoms with Crippen LogP contribution in [0.25, 0.3) is 10.2 Å². The number of hydrogen-bond donors (Lipinski definition) is 0. The Morgan fingerprint density at radius 1 is 1.06 bits per heavy atom. The second kappa shape index (κ2) is 9.46. The first-order valence-corrected chi connectivity index (χ1v) is 12.9. The molecule has 7 nitrogen and oxygen atoms in total. The first-order valence-electron chi connectivity index (χ1n) is 10.6. The molecule has 0 aliphatic rings. The number of rotatable bonds is 8. The second-order valence-corrected chi connectivity index (χ2v) is 10.5. The van der Waals surface area contributed by atoms with E-state index in [2.05, 4.69) is 4.98 Å². The van der Waals surface area contributed by atoms with Crippen molar-refractivity contribution in [1.82, 2.24) is 9.29 Å². The van der Waals surface area contributed by atoms with E-state index in [9.17, 15) is 13.2 Å². The summed E-state index contributed by atoms with van der Waals surface area (Å²) >= 11 is 1.43. The molecule has 2 heterocycles. The Labute approximate surface area is 197 Å². The van der Waals surface area contributed by atoms with Crippen molar-refractivity contribution in [3.63, 3.8) is 0 Å². The maximum Gasteiger partial charge on any atom is 0.260 e. The van der Waals surface area contributed by atoms with Crippen LogP contribution in [0.2, 0.25) is 0 Å². The van der Waals surface area contributed by atoms with E-state index in [1.165, 1.54) is 27.8 Å². The molecule has 0 saturated heterocycles. The average Bonchev–Trinajstić information content (AvgIpc) is 3.47. The van der Waals surface area contributed by atoms with Gasteiger partial charge in [0, 0.05) is 18.7 Å². The Morgan fingerprint density at radius 2 is 1.79 bits per heavy atom. The average molecular weight is 484 g/mol. The molecule has 33 heavy (non-hydrogen) atoms.